The van der Waals surface area contributed by atoms with Crippen LogP contribution in [0.5, 0.6) is 0 Å². The van der Waals surface area contributed by atoms with Gasteiger partial charge in [-0.25, -0.2) is 0 Å². The van der Waals surface area contributed by atoms with Gasteiger partial charge in [0.1, 0.15) is 12.1 Å². The van der Waals surface area contributed by atoms with E-state index in [1.165, 1.54) is 37.1 Å². The molecule has 0 aromatic heterocycles. The maximum Gasteiger partial charge on any atom is 0.141 e. The highest BCUT2D eigenvalue weighted by atomic mass is 15.6. The van der Waals surface area contributed by atoms with Crippen LogP contribution in [-0.2, 0) is 0 Å². The number of rotatable bonds is 1. The first-order valence-electron chi connectivity index (χ1n) is 5.25. The summed E-state index contributed by atoms with van der Waals surface area (Å²) in [6.07, 6.45) is 1.38. The summed E-state index contributed by atoms with van der Waals surface area (Å²) >= 11 is 0. The first kappa shape index (κ1) is 8.52. The van der Waals surface area contributed by atoms with E-state index in [0.29, 0.717) is 0 Å². The Bertz CT molecular complexity index is 171. The molecule has 2 saturated heterocycles. The first-order valence-corrected chi connectivity index (χ1v) is 5.25. The van der Waals surface area contributed by atoms with Gasteiger partial charge in [-0.05, 0) is 14.0 Å². The van der Waals surface area contributed by atoms with Crippen molar-refractivity contribution in [3.63, 3.8) is 0 Å². The second-order valence-corrected chi connectivity index (χ2v) is 4.57. The molecule has 2 heteroatoms. The van der Waals surface area contributed by atoms with Gasteiger partial charge in [-0.1, -0.05) is 6.92 Å². The van der Waals surface area contributed by atoms with E-state index in [1.807, 2.05) is 0 Å². The molecule has 12 heavy (non-hydrogen) atoms. The van der Waals surface area contributed by atoms with Crippen molar-refractivity contribution in [2.45, 2.75) is 32.4 Å². The fourth-order valence-electron chi connectivity index (χ4n) is 3.09. The molecule has 0 aromatic carbocycles. The SMILES string of the molecule is CCC1C(C)[N+]12CCN(C)CC2. The minimum Gasteiger partial charge on any atom is -0.307 e. The zero-order valence-corrected chi connectivity index (χ0v) is 8.58. The summed E-state index contributed by atoms with van der Waals surface area (Å²) in [5.41, 5.74) is 0. The molecule has 2 atom stereocenters. The molecule has 1 spiro atoms. The second kappa shape index (κ2) is 2.71. The van der Waals surface area contributed by atoms with Crippen LogP contribution in [0.25, 0.3) is 0 Å². The lowest BCUT2D eigenvalue weighted by molar-refractivity contribution is -0.831. The van der Waals surface area contributed by atoms with Crippen molar-refractivity contribution in [3.05, 3.63) is 0 Å². The van der Waals surface area contributed by atoms with Gasteiger partial charge in [0.05, 0.1) is 13.1 Å². The molecular formula is C10H21N2+. The zero-order chi connectivity index (χ0) is 8.77. The molecule has 2 unspecified atom stereocenters. The minimum atomic E-state index is 0.962. The molecule has 0 amide bonds. The molecule has 0 bridgehead atoms. The van der Waals surface area contributed by atoms with Gasteiger partial charge in [-0.2, -0.15) is 0 Å². The van der Waals surface area contributed by atoms with Gasteiger partial charge < -0.3 is 4.48 Å². The lowest BCUT2D eigenvalue weighted by Crippen LogP contribution is -2.48. The van der Waals surface area contributed by atoms with Crippen LogP contribution in [0, 0.1) is 0 Å². The average molecular weight is 169 g/mol. The lowest BCUT2D eigenvalue weighted by atomic mass is 10.3. The summed E-state index contributed by atoms with van der Waals surface area (Å²) in [5.74, 6) is 0. The molecule has 0 aromatic rings. The van der Waals surface area contributed by atoms with Crippen molar-refractivity contribution in [2.75, 3.05) is 33.2 Å². The normalized spacial score (nSPS) is 40.2. The third-order valence-corrected chi connectivity index (χ3v) is 4.15. The van der Waals surface area contributed by atoms with Crippen molar-refractivity contribution in [2.24, 2.45) is 0 Å². The summed E-state index contributed by atoms with van der Waals surface area (Å²) in [6.45, 7) is 10.2. The van der Waals surface area contributed by atoms with E-state index in [1.54, 1.807) is 0 Å². The summed E-state index contributed by atoms with van der Waals surface area (Å²) < 4.78 is 1.45. The van der Waals surface area contributed by atoms with Gasteiger partial charge in [0.2, 0.25) is 0 Å². The first-order chi connectivity index (χ1) is 5.70. The van der Waals surface area contributed by atoms with E-state index >= 15 is 0 Å². The Balaban J connectivity index is 1.97. The highest BCUT2D eigenvalue weighted by Crippen LogP contribution is 2.42. The number of nitrogens with zero attached hydrogens (tertiary/aromatic N) is 2. The van der Waals surface area contributed by atoms with Crippen molar-refractivity contribution in [3.8, 4) is 0 Å². The lowest BCUT2D eigenvalue weighted by Gasteiger charge is -2.31. The average Bonchev–Trinajstić information content (AvgIpc) is 2.63. The smallest absolute Gasteiger partial charge is 0.141 e. The highest BCUT2D eigenvalue weighted by molar-refractivity contribution is 4.86. The fourth-order valence-corrected chi connectivity index (χ4v) is 3.09. The Labute approximate surface area is 75.7 Å². The molecule has 2 fully saturated rings. The molecule has 2 rings (SSSR count). The van der Waals surface area contributed by atoms with Crippen LogP contribution in [0.2, 0.25) is 0 Å². The Kier molecular flexibility index (Phi) is 1.92. The number of likely N-dealkylation sites (N-methyl/N-ethyl adjacent to an activating group) is 1. The maximum atomic E-state index is 2.46. The monoisotopic (exact) mass is 169 g/mol. The van der Waals surface area contributed by atoms with Crippen molar-refractivity contribution in [1.29, 1.82) is 0 Å². The number of quaternary nitrogens is 1. The Morgan fingerprint density at radius 1 is 1.33 bits per heavy atom. The van der Waals surface area contributed by atoms with Crippen molar-refractivity contribution in [1.82, 2.24) is 4.90 Å². The van der Waals surface area contributed by atoms with E-state index in [2.05, 4.69) is 25.8 Å². The summed E-state index contributed by atoms with van der Waals surface area (Å²) in [4.78, 5) is 2.46. The molecule has 0 saturated carbocycles. The number of piperazine rings is 1. The predicted molar refractivity (Wildman–Crippen MR) is 51.0 cm³/mol. The van der Waals surface area contributed by atoms with Crippen LogP contribution in [-0.4, -0.2) is 54.7 Å². The van der Waals surface area contributed by atoms with Gasteiger partial charge in [0, 0.05) is 19.5 Å². The Hall–Kier alpha value is -0.0800. The summed E-state index contributed by atoms with van der Waals surface area (Å²) in [7, 11) is 2.24. The quantitative estimate of drug-likeness (QED) is 0.417. The summed E-state index contributed by atoms with van der Waals surface area (Å²) in [6, 6.07) is 1.96. The van der Waals surface area contributed by atoms with E-state index in [9.17, 15) is 0 Å². The minimum absolute atomic E-state index is 0.962. The van der Waals surface area contributed by atoms with Gasteiger partial charge in [-0.3, -0.25) is 4.90 Å². The van der Waals surface area contributed by atoms with Crippen LogP contribution in [0.15, 0.2) is 0 Å². The van der Waals surface area contributed by atoms with Crippen molar-refractivity contribution >= 4 is 0 Å². The highest BCUT2D eigenvalue weighted by Gasteiger charge is 2.62. The van der Waals surface area contributed by atoms with Gasteiger partial charge in [-0.15, -0.1) is 0 Å². The molecule has 2 aliphatic rings. The topological polar surface area (TPSA) is 3.24 Å². The fraction of sp³-hybridized carbons (Fsp3) is 1.00. The van der Waals surface area contributed by atoms with Crippen LogP contribution in [0.1, 0.15) is 20.3 Å². The largest absolute Gasteiger partial charge is 0.307 e. The third kappa shape index (κ3) is 1.01. The zero-order valence-electron chi connectivity index (χ0n) is 8.58. The van der Waals surface area contributed by atoms with E-state index in [-0.39, 0.29) is 0 Å². The predicted octanol–water partition coefficient (Wildman–Crippen LogP) is 0.929. The molecule has 0 N–H and O–H groups in total. The molecule has 70 valence electrons. The maximum absolute atomic E-state index is 2.46. The van der Waals surface area contributed by atoms with E-state index < -0.39 is 0 Å². The van der Waals surface area contributed by atoms with Crippen LogP contribution in [0.4, 0.5) is 0 Å². The molecule has 2 heterocycles. The van der Waals surface area contributed by atoms with Crippen LogP contribution < -0.4 is 0 Å². The van der Waals surface area contributed by atoms with E-state index in [4.69, 9.17) is 0 Å². The Morgan fingerprint density at radius 2 is 1.92 bits per heavy atom. The van der Waals surface area contributed by atoms with Crippen LogP contribution in [0.3, 0.4) is 0 Å². The second-order valence-electron chi connectivity index (χ2n) is 4.57. The van der Waals surface area contributed by atoms with E-state index in [0.717, 1.165) is 12.1 Å². The molecule has 2 nitrogen and oxygen atoms in total. The standard InChI is InChI=1S/C10H21N2/c1-4-10-9(2)12(10)7-5-11(3)6-8-12/h9-10H,4-8H2,1-3H3/q+1. The third-order valence-electron chi connectivity index (χ3n) is 4.15. The Morgan fingerprint density at radius 3 is 2.33 bits per heavy atom. The molecular weight excluding hydrogens is 148 g/mol. The molecule has 0 radical (unpaired) electrons. The van der Waals surface area contributed by atoms with Gasteiger partial charge in [0.15, 0.2) is 0 Å². The van der Waals surface area contributed by atoms with Crippen molar-refractivity contribution < 1.29 is 4.48 Å². The molecule has 0 aliphatic carbocycles. The van der Waals surface area contributed by atoms with Crippen LogP contribution >= 0.6 is 0 Å². The number of hydrogen-bond donors (Lipinski definition) is 0. The molecule has 2 aliphatic heterocycles. The van der Waals surface area contributed by atoms with Gasteiger partial charge >= 0.3 is 0 Å². The van der Waals surface area contributed by atoms with Gasteiger partial charge in [0.25, 0.3) is 0 Å². The number of hydrogen-bond acceptors (Lipinski definition) is 1. The summed E-state index contributed by atoms with van der Waals surface area (Å²) in [5, 5.41) is 0.